The van der Waals surface area contributed by atoms with Crippen LogP contribution in [0.1, 0.15) is 20.3 Å². The highest BCUT2D eigenvalue weighted by atomic mass is 35.5. The predicted molar refractivity (Wildman–Crippen MR) is 123 cm³/mol. The standard InChI is InChI=1S/C23H24ClN3O6/c1-13(22(30)26-18-7-5-17(6-8-18)25-14(2)28)33-23(31)15-10-21(29)27(12-15)19-11-16(24)4-9-20(19)32-3/h4-9,11,13,15H,10,12H2,1-3H3,(H,25,28)(H,26,30)/t13-,15+/m0/s1. The first-order chi connectivity index (χ1) is 15.7. The summed E-state index contributed by atoms with van der Waals surface area (Å²) in [5, 5.41) is 5.70. The molecule has 0 aromatic heterocycles. The van der Waals surface area contributed by atoms with Crippen LogP contribution in [0.25, 0.3) is 0 Å². The molecule has 1 aliphatic heterocycles. The number of carbonyl (C=O) groups is 4. The molecule has 174 valence electrons. The van der Waals surface area contributed by atoms with Crippen LogP contribution in [-0.4, -0.2) is 43.4 Å². The van der Waals surface area contributed by atoms with Crippen molar-refractivity contribution >= 4 is 52.4 Å². The largest absolute Gasteiger partial charge is 0.495 e. The third-order valence-electron chi connectivity index (χ3n) is 5.03. The molecule has 0 aliphatic carbocycles. The Hall–Kier alpha value is -3.59. The molecule has 2 N–H and O–H groups in total. The Balaban J connectivity index is 1.58. The molecular formula is C23H24ClN3O6. The second kappa shape index (κ2) is 10.4. The summed E-state index contributed by atoms with van der Waals surface area (Å²) in [5.41, 5.74) is 1.54. The molecule has 9 nitrogen and oxygen atoms in total. The van der Waals surface area contributed by atoms with Crippen LogP contribution in [0.15, 0.2) is 42.5 Å². The summed E-state index contributed by atoms with van der Waals surface area (Å²) in [6.07, 6.45) is -1.12. The highest BCUT2D eigenvalue weighted by Gasteiger charge is 2.38. The lowest BCUT2D eigenvalue weighted by molar-refractivity contribution is -0.157. The van der Waals surface area contributed by atoms with Crippen molar-refractivity contribution in [3.05, 3.63) is 47.5 Å². The number of carbonyl (C=O) groups excluding carboxylic acids is 4. The van der Waals surface area contributed by atoms with Gasteiger partial charge in [-0.05, 0) is 49.4 Å². The average Bonchev–Trinajstić information content (AvgIpc) is 3.16. The van der Waals surface area contributed by atoms with Crippen LogP contribution in [-0.2, 0) is 23.9 Å². The van der Waals surface area contributed by atoms with E-state index in [0.717, 1.165) is 0 Å². The van der Waals surface area contributed by atoms with Gasteiger partial charge in [-0.3, -0.25) is 19.2 Å². The van der Waals surface area contributed by atoms with Gasteiger partial charge in [-0.2, -0.15) is 0 Å². The van der Waals surface area contributed by atoms with Gasteiger partial charge in [-0.15, -0.1) is 0 Å². The Morgan fingerprint density at radius 1 is 1.09 bits per heavy atom. The normalized spacial score (nSPS) is 16.2. The molecule has 10 heteroatoms. The van der Waals surface area contributed by atoms with Crippen LogP contribution < -0.4 is 20.3 Å². The molecule has 33 heavy (non-hydrogen) atoms. The van der Waals surface area contributed by atoms with Gasteiger partial charge in [0.15, 0.2) is 6.10 Å². The van der Waals surface area contributed by atoms with Gasteiger partial charge in [-0.25, -0.2) is 0 Å². The summed E-state index contributed by atoms with van der Waals surface area (Å²) in [5.74, 6) is -1.91. The van der Waals surface area contributed by atoms with Crippen LogP contribution in [0.5, 0.6) is 5.75 Å². The lowest BCUT2D eigenvalue weighted by atomic mass is 10.1. The fourth-order valence-electron chi connectivity index (χ4n) is 3.38. The third kappa shape index (κ3) is 6.01. The maximum atomic E-state index is 12.6. The van der Waals surface area contributed by atoms with Crippen LogP contribution in [0.4, 0.5) is 17.1 Å². The summed E-state index contributed by atoms with van der Waals surface area (Å²) in [7, 11) is 1.48. The van der Waals surface area contributed by atoms with E-state index >= 15 is 0 Å². The van der Waals surface area contributed by atoms with Gasteiger partial charge in [0.25, 0.3) is 5.91 Å². The summed E-state index contributed by atoms with van der Waals surface area (Å²) >= 11 is 6.05. The Bertz CT molecular complexity index is 1070. The number of anilines is 3. The highest BCUT2D eigenvalue weighted by molar-refractivity contribution is 6.31. The van der Waals surface area contributed by atoms with Gasteiger partial charge in [-0.1, -0.05) is 11.6 Å². The maximum absolute atomic E-state index is 12.6. The molecule has 0 bridgehead atoms. The van der Waals surface area contributed by atoms with Gasteiger partial charge in [0, 0.05) is 36.3 Å². The minimum Gasteiger partial charge on any atom is -0.495 e. The SMILES string of the molecule is COc1ccc(Cl)cc1N1C[C@H](C(=O)O[C@@H](C)C(=O)Nc2ccc(NC(C)=O)cc2)CC1=O. The summed E-state index contributed by atoms with van der Waals surface area (Å²) in [6.45, 7) is 2.94. The summed E-state index contributed by atoms with van der Waals surface area (Å²) in [4.78, 5) is 50.1. The van der Waals surface area contributed by atoms with Gasteiger partial charge in [0.05, 0.1) is 18.7 Å². The van der Waals surface area contributed by atoms with E-state index in [0.29, 0.717) is 27.8 Å². The van der Waals surface area contributed by atoms with Crippen LogP contribution in [0.2, 0.25) is 5.02 Å². The fourth-order valence-corrected chi connectivity index (χ4v) is 3.55. The number of rotatable bonds is 7. The molecule has 0 unspecified atom stereocenters. The number of nitrogens with zero attached hydrogens (tertiary/aromatic N) is 1. The number of esters is 1. The summed E-state index contributed by atoms with van der Waals surface area (Å²) in [6, 6.07) is 11.4. The molecule has 0 radical (unpaired) electrons. The first kappa shape index (κ1) is 24.1. The molecule has 1 saturated heterocycles. The smallest absolute Gasteiger partial charge is 0.312 e. The quantitative estimate of drug-likeness (QED) is 0.597. The van der Waals surface area contributed by atoms with Gasteiger partial charge >= 0.3 is 5.97 Å². The summed E-state index contributed by atoms with van der Waals surface area (Å²) < 4.78 is 10.6. The van der Waals surface area contributed by atoms with Crippen molar-refractivity contribution in [2.45, 2.75) is 26.4 Å². The molecule has 0 saturated carbocycles. The lowest BCUT2D eigenvalue weighted by Crippen LogP contribution is -2.33. The third-order valence-corrected chi connectivity index (χ3v) is 5.26. The molecule has 2 aromatic carbocycles. The molecule has 3 amide bonds. The van der Waals surface area contributed by atoms with Crippen molar-refractivity contribution in [3.63, 3.8) is 0 Å². The second-order valence-corrected chi connectivity index (χ2v) is 7.98. The zero-order chi connectivity index (χ0) is 24.1. The number of hydrogen-bond acceptors (Lipinski definition) is 6. The van der Waals surface area contributed by atoms with E-state index in [1.807, 2.05) is 0 Å². The average molecular weight is 474 g/mol. The minimum atomic E-state index is -1.07. The molecule has 1 fully saturated rings. The van der Waals surface area contributed by atoms with E-state index in [2.05, 4.69) is 10.6 Å². The van der Waals surface area contributed by atoms with Crippen molar-refractivity contribution in [2.24, 2.45) is 5.92 Å². The van der Waals surface area contributed by atoms with E-state index in [4.69, 9.17) is 21.1 Å². The topological polar surface area (TPSA) is 114 Å². The minimum absolute atomic E-state index is 0.0482. The van der Waals surface area contributed by atoms with E-state index in [9.17, 15) is 19.2 Å². The number of benzene rings is 2. The predicted octanol–water partition coefficient (Wildman–Crippen LogP) is 3.23. The van der Waals surface area contributed by atoms with Crippen LogP contribution >= 0.6 is 11.6 Å². The van der Waals surface area contributed by atoms with Crippen LogP contribution in [0.3, 0.4) is 0 Å². The van der Waals surface area contributed by atoms with Crippen molar-refractivity contribution in [2.75, 3.05) is 29.2 Å². The maximum Gasteiger partial charge on any atom is 0.312 e. The molecule has 1 heterocycles. The van der Waals surface area contributed by atoms with Crippen molar-refractivity contribution in [1.29, 1.82) is 0 Å². The Morgan fingerprint density at radius 3 is 2.33 bits per heavy atom. The monoisotopic (exact) mass is 473 g/mol. The number of nitrogens with one attached hydrogen (secondary N) is 2. The molecule has 1 aliphatic rings. The number of ether oxygens (including phenoxy) is 2. The first-order valence-corrected chi connectivity index (χ1v) is 10.6. The van der Waals surface area contributed by atoms with E-state index in [1.165, 1.54) is 25.9 Å². The molecule has 3 rings (SSSR count). The van der Waals surface area contributed by atoms with Crippen LogP contribution in [0, 0.1) is 5.92 Å². The Labute approximate surface area is 196 Å². The molecule has 0 spiro atoms. The van der Waals surface area contributed by atoms with Crippen molar-refractivity contribution in [1.82, 2.24) is 0 Å². The lowest BCUT2D eigenvalue weighted by Gasteiger charge is -2.20. The number of amides is 3. The van der Waals surface area contributed by atoms with Gasteiger partial charge < -0.3 is 25.0 Å². The Kier molecular flexibility index (Phi) is 7.55. The number of halogens is 1. The van der Waals surface area contributed by atoms with Crippen molar-refractivity contribution < 1.29 is 28.7 Å². The molecule has 2 aromatic rings. The first-order valence-electron chi connectivity index (χ1n) is 10.2. The zero-order valence-electron chi connectivity index (χ0n) is 18.4. The molecule has 2 atom stereocenters. The molecular weight excluding hydrogens is 450 g/mol. The zero-order valence-corrected chi connectivity index (χ0v) is 19.1. The van der Waals surface area contributed by atoms with Crippen molar-refractivity contribution in [3.8, 4) is 5.75 Å². The number of hydrogen-bond donors (Lipinski definition) is 2. The number of methoxy groups -OCH3 is 1. The second-order valence-electron chi connectivity index (χ2n) is 7.55. The van der Waals surface area contributed by atoms with E-state index < -0.39 is 23.9 Å². The van der Waals surface area contributed by atoms with E-state index in [-0.39, 0.29) is 24.8 Å². The highest BCUT2D eigenvalue weighted by Crippen LogP contribution is 2.35. The Morgan fingerprint density at radius 2 is 1.73 bits per heavy atom. The fraction of sp³-hybridized carbons (Fsp3) is 0.304. The van der Waals surface area contributed by atoms with Gasteiger partial charge in [0.1, 0.15) is 5.75 Å². The van der Waals surface area contributed by atoms with Gasteiger partial charge in [0.2, 0.25) is 11.8 Å². The van der Waals surface area contributed by atoms with E-state index in [1.54, 1.807) is 42.5 Å².